The van der Waals surface area contributed by atoms with E-state index in [1.165, 1.54) is 0 Å². The summed E-state index contributed by atoms with van der Waals surface area (Å²) in [6.07, 6.45) is 1.95. The van der Waals surface area contributed by atoms with Crippen LogP contribution in [-0.4, -0.2) is 41.0 Å². The van der Waals surface area contributed by atoms with Crippen molar-refractivity contribution in [2.24, 2.45) is 11.7 Å². The Bertz CT molecular complexity index is 247. The Morgan fingerprint density at radius 1 is 1.47 bits per heavy atom. The van der Waals surface area contributed by atoms with Gasteiger partial charge in [-0.1, -0.05) is 6.92 Å². The lowest BCUT2D eigenvalue weighted by Crippen LogP contribution is -2.47. The zero-order valence-corrected chi connectivity index (χ0v) is 8.98. The van der Waals surface area contributed by atoms with Crippen molar-refractivity contribution in [2.45, 2.75) is 32.2 Å². The van der Waals surface area contributed by atoms with Crippen LogP contribution in [0.15, 0.2) is 0 Å². The maximum absolute atomic E-state index is 10.9. The minimum atomic E-state index is -0.782. The zero-order chi connectivity index (χ0) is 11.4. The molecule has 1 heterocycles. The van der Waals surface area contributed by atoms with E-state index >= 15 is 0 Å². The number of aliphatic carboxylic acids is 1. The minimum Gasteiger partial charge on any atom is -0.480 e. The number of piperidine rings is 1. The Labute approximate surface area is 89.2 Å². The summed E-state index contributed by atoms with van der Waals surface area (Å²) in [5, 5.41) is 8.97. The van der Waals surface area contributed by atoms with E-state index in [0.717, 1.165) is 0 Å². The molecule has 0 radical (unpaired) electrons. The van der Waals surface area contributed by atoms with Crippen LogP contribution in [0.5, 0.6) is 0 Å². The van der Waals surface area contributed by atoms with E-state index in [1.54, 1.807) is 0 Å². The topological polar surface area (TPSA) is 83.6 Å². The number of nitrogens with zero attached hydrogens (tertiary/aromatic N) is 1. The molecule has 3 N–H and O–H groups in total. The molecule has 0 aliphatic carbocycles. The van der Waals surface area contributed by atoms with Crippen LogP contribution in [0.1, 0.15) is 26.2 Å². The number of hydrogen-bond donors (Lipinski definition) is 2. The maximum atomic E-state index is 10.9. The fraction of sp³-hybridized carbons (Fsp3) is 0.800. The number of hydrogen-bond acceptors (Lipinski definition) is 3. The lowest BCUT2D eigenvalue weighted by molar-refractivity contribution is -0.144. The van der Waals surface area contributed by atoms with Crippen molar-refractivity contribution < 1.29 is 14.7 Å². The van der Waals surface area contributed by atoms with Crippen LogP contribution in [0.25, 0.3) is 0 Å². The molecule has 0 saturated carbocycles. The molecule has 1 aliphatic rings. The highest BCUT2D eigenvalue weighted by molar-refractivity contribution is 5.77. The van der Waals surface area contributed by atoms with Crippen LogP contribution in [0.4, 0.5) is 0 Å². The summed E-state index contributed by atoms with van der Waals surface area (Å²) in [6, 6.07) is -0.418. The summed E-state index contributed by atoms with van der Waals surface area (Å²) in [4.78, 5) is 23.8. The van der Waals surface area contributed by atoms with Crippen molar-refractivity contribution in [1.82, 2.24) is 4.90 Å². The average Bonchev–Trinajstić information content (AvgIpc) is 2.19. The third-order valence-corrected chi connectivity index (χ3v) is 3.04. The van der Waals surface area contributed by atoms with Gasteiger partial charge in [0.25, 0.3) is 0 Å². The zero-order valence-electron chi connectivity index (χ0n) is 8.98. The Morgan fingerprint density at radius 3 is 2.33 bits per heavy atom. The van der Waals surface area contributed by atoms with E-state index in [0.29, 0.717) is 32.4 Å². The largest absolute Gasteiger partial charge is 0.480 e. The first kappa shape index (κ1) is 12.0. The summed E-state index contributed by atoms with van der Waals surface area (Å²) in [5.41, 5.74) is 5.21. The monoisotopic (exact) mass is 214 g/mol. The first-order chi connectivity index (χ1) is 7.06. The Balaban J connectivity index is 2.49. The molecule has 0 spiro atoms. The van der Waals surface area contributed by atoms with Crippen LogP contribution in [0, 0.1) is 5.92 Å². The molecule has 0 aromatic heterocycles. The highest BCUT2D eigenvalue weighted by Gasteiger charge is 2.29. The number of amides is 1. The van der Waals surface area contributed by atoms with Gasteiger partial charge in [0.05, 0.1) is 0 Å². The van der Waals surface area contributed by atoms with Gasteiger partial charge in [0.15, 0.2) is 0 Å². The molecule has 1 aliphatic heterocycles. The number of rotatable bonds is 4. The molecule has 5 heteroatoms. The van der Waals surface area contributed by atoms with E-state index in [9.17, 15) is 9.59 Å². The van der Waals surface area contributed by atoms with Crippen molar-refractivity contribution in [2.75, 3.05) is 13.1 Å². The standard InChI is InChI=1S/C10H18N2O3/c1-2-8(10(14)15)12-5-3-7(4-6-12)9(11)13/h7-8H,2-6H2,1H3,(H2,11,13)(H,14,15). The number of carboxylic acids is 1. The molecule has 0 bridgehead atoms. The molecule has 1 unspecified atom stereocenters. The van der Waals surface area contributed by atoms with Crippen LogP contribution in [0.2, 0.25) is 0 Å². The minimum absolute atomic E-state index is 0.0763. The van der Waals surface area contributed by atoms with Gasteiger partial charge in [-0.15, -0.1) is 0 Å². The highest BCUT2D eigenvalue weighted by atomic mass is 16.4. The van der Waals surface area contributed by atoms with Gasteiger partial charge >= 0.3 is 5.97 Å². The van der Waals surface area contributed by atoms with Crippen molar-refractivity contribution in [1.29, 1.82) is 0 Å². The molecule has 0 aromatic rings. The Hall–Kier alpha value is -1.10. The van der Waals surface area contributed by atoms with Crippen LogP contribution < -0.4 is 5.73 Å². The second-order valence-corrected chi connectivity index (χ2v) is 3.97. The summed E-state index contributed by atoms with van der Waals surface area (Å²) < 4.78 is 0. The second kappa shape index (κ2) is 5.11. The summed E-state index contributed by atoms with van der Waals surface area (Å²) in [5.74, 6) is -1.12. The second-order valence-electron chi connectivity index (χ2n) is 3.97. The van der Waals surface area contributed by atoms with E-state index in [2.05, 4.69) is 0 Å². The van der Waals surface area contributed by atoms with Gasteiger partial charge in [-0.2, -0.15) is 0 Å². The van der Waals surface area contributed by atoms with Gasteiger partial charge in [-0.25, -0.2) is 0 Å². The number of nitrogens with two attached hydrogens (primary N) is 1. The quantitative estimate of drug-likeness (QED) is 0.692. The molecule has 1 saturated heterocycles. The van der Waals surface area contributed by atoms with Crippen LogP contribution >= 0.6 is 0 Å². The van der Waals surface area contributed by atoms with Crippen LogP contribution in [-0.2, 0) is 9.59 Å². The number of primary amides is 1. The molecule has 1 amide bonds. The van der Waals surface area contributed by atoms with E-state index in [-0.39, 0.29) is 11.8 Å². The molecule has 5 nitrogen and oxygen atoms in total. The van der Waals surface area contributed by atoms with Gasteiger partial charge in [-0.05, 0) is 32.4 Å². The molecule has 86 valence electrons. The number of carboxylic acid groups (broad SMARTS) is 1. The van der Waals surface area contributed by atoms with Gasteiger partial charge in [-0.3, -0.25) is 14.5 Å². The first-order valence-corrected chi connectivity index (χ1v) is 5.32. The van der Waals surface area contributed by atoms with Crippen molar-refractivity contribution in [3.8, 4) is 0 Å². The van der Waals surface area contributed by atoms with E-state index in [1.807, 2.05) is 11.8 Å². The number of carbonyl (C=O) groups is 2. The Kier molecular flexibility index (Phi) is 4.08. The fourth-order valence-electron chi connectivity index (χ4n) is 2.08. The van der Waals surface area contributed by atoms with Crippen molar-refractivity contribution in [3.05, 3.63) is 0 Å². The maximum Gasteiger partial charge on any atom is 0.320 e. The third kappa shape index (κ3) is 2.92. The van der Waals surface area contributed by atoms with Crippen LogP contribution in [0.3, 0.4) is 0 Å². The Morgan fingerprint density at radius 2 is 2.00 bits per heavy atom. The molecule has 1 rings (SSSR count). The molecular weight excluding hydrogens is 196 g/mol. The van der Waals surface area contributed by atoms with Gasteiger partial charge in [0, 0.05) is 5.92 Å². The third-order valence-electron chi connectivity index (χ3n) is 3.04. The molecular formula is C10H18N2O3. The van der Waals surface area contributed by atoms with Crippen molar-refractivity contribution in [3.63, 3.8) is 0 Å². The van der Waals surface area contributed by atoms with Gasteiger partial charge in [0.1, 0.15) is 6.04 Å². The molecule has 1 fully saturated rings. The average molecular weight is 214 g/mol. The fourth-order valence-corrected chi connectivity index (χ4v) is 2.08. The highest BCUT2D eigenvalue weighted by Crippen LogP contribution is 2.19. The van der Waals surface area contributed by atoms with E-state index < -0.39 is 12.0 Å². The number of carbonyl (C=O) groups excluding carboxylic acids is 1. The summed E-state index contributed by atoms with van der Waals surface area (Å²) in [6.45, 7) is 3.16. The lowest BCUT2D eigenvalue weighted by Gasteiger charge is -2.34. The van der Waals surface area contributed by atoms with E-state index in [4.69, 9.17) is 10.8 Å². The SMILES string of the molecule is CCC(C(=O)O)N1CCC(C(N)=O)CC1. The van der Waals surface area contributed by atoms with Gasteiger partial charge < -0.3 is 10.8 Å². The molecule has 15 heavy (non-hydrogen) atoms. The van der Waals surface area contributed by atoms with Crippen molar-refractivity contribution >= 4 is 11.9 Å². The normalized spacial score (nSPS) is 21.1. The molecule has 0 aromatic carbocycles. The number of likely N-dealkylation sites (tertiary alicyclic amines) is 1. The summed E-state index contributed by atoms with van der Waals surface area (Å²) >= 11 is 0. The predicted octanol–water partition coefficient (Wildman–Crippen LogP) is 0.0469. The molecule has 1 atom stereocenters. The predicted molar refractivity (Wildman–Crippen MR) is 55.2 cm³/mol. The smallest absolute Gasteiger partial charge is 0.320 e. The first-order valence-electron chi connectivity index (χ1n) is 5.32. The lowest BCUT2D eigenvalue weighted by atomic mass is 9.95. The van der Waals surface area contributed by atoms with Gasteiger partial charge in [0.2, 0.25) is 5.91 Å². The summed E-state index contributed by atoms with van der Waals surface area (Å²) in [7, 11) is 0.